The van der Waals surface area contributed by atoms with Gasteiger partial charge in [-0.3, -0.25) is 0 Å². The molecule has 0 radical (unpaired) electrons. The molecule has 0 aliphatic carbocycles. The zero-order valence-electron chi connectivity index (χ0n) is 21.3. The highest BCUT2D eigenvalue weighted by molar-refractivity contribution is 5.78. The van der Waals surface area contributed by atoms with Crippen LogP contribution in [0.25, 0.3) is 5.57 Å². The molecule has 182 valence electrons. The van der Waals surface area contributed by atoms with Crippen molar-refractivity contribution in [1.82, 2.24) is 10.2 Å². The van der Waals surface area contributed by atoms with Crippen LogP contribution in [-0.2, 0) is 0 Å². The summed E-state index contributed by atoms with van der Waals surface area (Å²) in [5.74, 6) is -0.268. The minimum Gasteiger partial charge on any atom is -0.397 e. The van der Waals surface area contributed by atoms with E-state index in [4.69, 9.17) is 5.73 Å². The Morgan fingerprint density at radius 2 is 1.79 bits per heavy atom. The van der Waals surface area contributed by atoms with Gasteiger partial charge in [0.1, 0.15) is 5.82 Å². The number of benzene rings is 1. The molecule has 34 heavy (non-hydrogen) atoms. The van der Waals surface area contributed by atoms with Crippen molar-refractivity contribution in [3.05, 3.63) is 99.7 Å². The van der Waals surface area contributed by atoms with E-state index in [9.17, 15) is 9.18 Å². The fourth-order valence-electron chi connectivity index (χ4n) is 3.66. The zero-order chi connectivity index (χ0) is 25.3. The first-order chi connectivity index (χ1) is 16.1. The maximum Gasteiger partial charge on any atom is 0.322 e. The van der Waals surface area contributed by atoms with Crippen molar-refractivity contribution >= 4 is 11.6 Å². The van der Waals surface area contributed by atoms with Crippen LogP contribution in [0.5, 0.6) is 0 Å². The number of hydrogen-bond donors (Lipinski definition) is 2. The Morgan fingerprint density at radius 3 is 2.41 bits per heavy atom. The minimum atomic E-state index is -0.268. The summed E-state index contributed by atoms with van der Waals surface area (Å²) in [6.45, 7) is 13.5. The summed E-state index contributed by atoms with van der Waals surface area (Å²) in [6.07, 6.45) is 11.7. The van der Waals surface area contributed by atoms with E-state index in [2.05, 4.69) is 45.2 Å². The van der Waals surface area contributed by atoms with E-state index in [1.165, 1.54) is 34.4 Å². The fraction of sp³-hybridized carbons (Fsp3) is 0.345. The van der Waals surface area contributed by atoms with E-state index in [0.29, 0.717) is 24.5 Å². The van der Waals surface area contributed by atoms with Crippen LogP contribution in [0.4, 0.5) is 9.18 Å². The van der Waals surface area contributed by atoms with Gasteiger partial charge in [-0.1, -0.05) is 61.4 Å². The van der Waals surface area contributed by atoms with Gasteiger partial charge >= 0.3 is 6.03 Å². The van der Waals surface area contributed by atoms with Gasteiger partial charge in [0.2, 0.25) is 0 Å². The van der Waals surface area contributed by atoms with Crippen LogP contribution in [0.2, 0.25) is 0 Å². The topological polar surface area (TPSA) is 58.4 Å². The lowest BCUT2D eigenvalue weighted by atomic mass is 10.1. The van der Waals surface area contributed by atoms with Gasteiger partial charge < -0.3 is 16.0 Å². The smallest absolute Gasteiger partial charge is 0.322 e. The van der Waals surface area contributed by atoms with Crippen molar-refractivity contribution < 1.29 is 9.18 Å². The fourth-order valence-corrected chi connectivity index (χ4v) is 3.66. The number of nitrogens with two attached hydrogens (primary N) is 1. The molecule has 0 atom stereocenters. The van der Waals surface area contributed by atoms with Crippen molar-refractivity contribution in [1.29, 1.82) is 0 Å². The molecule has 0 unspecified atom stereocenters. The Labute approximate surface area is 204 Å². The lowest BCUT2D eigenvalue weighted by Crippen LogP contribution is -2.39. The second-order valence-corrected chi connectivity index (χ2v) is 8.83. The molecule has 1 aliphatic heterocycles. The average Bonchev–Trinajstić information content (AvgIpc) is 3.17. The van der Waals surface area contributed by atoms with Crippen LogP contribution >= 0.6 is 0 Å². The van der Waals surface area contributed by atoms with Crippen LogP contribution in [0.15, 0.2) is 88.3 Å². The van der Waals surface area contributed by atoms with Crippen LogP contribution < -0.4 is 11.1 Å². The summed E-state index contributed by atoms with van der Waals surface area (Å²) in [5, 5.41) is 2.98. The largest absolute Gasteiger partial charge is 0.397 e. The number of hydrogen-bond acceptors (Lipinski definition) is 2. The van der Waals surface area contributed by atoms with Crippen molar-refractivity contribution in [3.63, 3.8) is 0 Å². The minimum absolute atomic E-state index is 0.170. The molecule has 0 aromatic heterocycles. The number of nitrogens with one attached hydrogen (secondary N) is 1. The molecule has 0 saturated carbocycles. The van der Waals surface area contributed by atoms with Crippen LogP contribution in [0.3, 0.4) is 0 Å². The van der Waals surface area contributed by atoms with Gasteiger partial charge in [-0.2, -0.15) is 0 Å². The molecule has 1 heterocycles. The summed E-state index contributed by atoms with van der Waals surface area (Å²) >= 11 is 0. The van der Waals surface area contributed by atoms with E-state index in [0.717, 1.165) is 24.0 Å². The number of carbonyl (C=O) groups excluding carboxylic acids is 1. The Hall–Kier alpha value is -3.34. The third kappa shape index (κ3) is 7.91. The maximum absolute atomic E-state index is 13.2. The van der Waals surface area contributed by atoms with Gasteiger partial charge in [-0.05, 0) is 81.0 Å². The molecule has 5 heteroatoms. The molecule has 1 aliphatic rings. The lowest BCUT2D eigenvalue weighted by molar-refractivity contribution is 0.213. The van der Waals surface area contributed by atoms with E-state index < -0.39 is 0 Å². The van der Waals surface area contributed by atoms with Gasteiger partial charge in [-0.15, -0.1) is 0 Å². The number of carbonyl (C=O) groups is 1. The van der Waals surface area contributed by atoms with Gasteiger partial charge in [0.25, 0.3) is 0 Å². The molecule has 0 fully saturated rings. The van der Waals surface area contributed by atoms with Gasteiger partial charge in [0, 0.05) is 13.1 Å². The molecule has 3 N–H and O–H groups in total. The molecule has 1 aromatic rings. The molecule has 1 aromatic carbocycles. The Morgan fingerprint density at radius 1 is 1.12 bits per heavy atom. The third-order valence-corrected chi connectivity index (χ3v) is 5.83. The van der Waals surface area contributed by atoms with Crippen LogP contribution in [0.1, 0.15) is 59.9 Å². The maximum atomic E-state index is 13.2. The standard InChI is InChI=1S/C29H38FN3O/c1-7-9-28(27(31)15-10-22(5)24-11-13-26(30)14-12-24)32-29(34)33-18-23(6)25(19-33)17-21(4)16-20(3)8-2/h9-17H,7-8,18-19,31H2,1-6H3,(H,32,34)/b20-16-,21-17-,22-10+,27-15+,28-9-. The first kappa shape index (κ1) is 26.9. The number of urea groups is 1. The number of nitrogens with zero attached hydrogens (tertiary/aromatic N) is 1. The van der Waals surface area contributed by atoms with Crippen molar-refractivity contribution in [2.24, 2.45) is 5.73 Å². The third-order valence-electron chi connectivity index (χ3n) is 5.83. The molecular formula is C29H38FN3O. The first-order valence-corrected chi connectivity index (χ1v) is 11.8. The van der Waals surface area contributed by atoms with E-state index in [1.807, 2.05) is 26.0 Å². The summed E-state index contributed by atoms with van der Waals surface area (Å²) in [6, 6.07) is 6.15. The van der Waals surface area contributed by atoms with Crippen LogP contribution in [0, 0.1) is 5.82 Å². The zero-order valence-corrected chi connectivity index (χ0v) is 21.3. The summed E-state index contributed by atoms with van der Waals surface area (Å²) in [4.78, 5) is 14.8. The predicted octanol–water partition coefficient (Wildman–Crippen LogP) is 7.01. The predicted molar refractivity (Wildman–Crippen MR) is 141 cm³/mol. The van der Waals surface area contributed by atoms with Crippen molar-refractivity contribution in [3.8, 4) is 0 Å². The highest BCUT2D eigenvalue weighted by Gasteiger charge is 2.23. The molecule has 4 nitrogen and oxygen atoms in total. The summed E-state index contributed by atoms with van der Waals surface area (Å²) in [5.41, 5.74) is 14.1. The second kappa shape index (κ2) is 12.8. The molecular weight excluding hydrogens is 425 g/mol. The Kier molecular flexibility index (Phi) is 10.1. The van der Waals surface area contributed by atoms with E-state index in [1.54, 1.807) is 23.1 Å². The number of allylic oxidation sites excluding steroid dienone is 7. The first-order valence-electron chi connectivity index (χ1n) is 11.8. The second-order valence-electron chi connectivity index (χ2n) is 8.83. The highest BCUT2D eigenvalue weighted by atomic mass is 19.1. The monoisotopic (exact) mass is 463 g/mol. The molecule has 0 bridgehead atoms. The van der Waals surface area contributed by atoms with Crippen molar-refractivity contribution in [2.75, 3.05) is 13.1 Å². The number of halogens is 1. The Bertz CT molecular complexity index is 1070. The van der Waals surface area contributed by atoms with Gasteiger partial charge in [0.05, 0.1) is 11.4 Å². The summed E-state index contributed by atoms with van der Waals surface area (Å²) < 4.78 is 13.2. The summed E-state index contributed by atoms with van der Waals surface area (Å²) in [7, 11) is 0. The van der Waals surface area contributed by atoms with Crippen molar-refractivity contribution in [2.45, 2.75) is 54.4 Å². The number of rotatable bonds is 8. The highest BCUT2D eigenvalue weighted by Crippen LogP contribution is 2.21. The Balaban J connectivity index is 2.10. The lowest BCUT2D eigenvalue weighted by Gasteiger charge is -2.19. The molecule has 2 amide bonds. The number of amides is 2. The average molecular weight is 464 g/mol. The molecule has 0 spiro atoms. The van der Waals surface area contributed by atoms with Gasteiger partial charge in [0.15, 0.2) is 0 Å². The quantitative estimate of drug-likeness (QED) is 0.407. The van der Waals surface area contributed by atoms with Gasteiger partial charge in [-0.25, -0.2) is 9.18 Å². The molecule has 2 rings (SSSR count). The van der Waals surface area contributed by atoms with E-state index in [-0.39, 0.29) is 11.8 Å². The molecule has 0 saturated heterocycles. The van der Waals surface area contributed by atoms with E-state index >= 15 is 0 Å². The normalized spacial score (nSPS) is 16.4. The van der Waals surface area contributed by atoms with Crippen LogP contribution in [-0.4, -0.2) is 24.0 Å². The SMILES string of the molecule is CC/C=C(NC(=O)N1CC(C)=C(/C=C(C)\C=C(\C)CC)C1)/C(N)=C\C=C(/C)c1ccc(F)cc1.